The van der Waals surface area contributed by atoms with Crippen molar-refractivity contribution in [3.63, 3.8) is 0 Å². The first-order valence-corrected chi connectivity index (χ1v) is 6.31. The number of anilines is 1. The Morgan fingerprint density at radius 1 is 1.47 bits per heavy atom. The minimum Gasteiger partial charge on any atom is -0.399 e. The molecule has 0 aliphatic heterocycles. The first kappa shape index (κ1) is 12.4. The van der Waals surface area contributed by atoms with Gasteiger partial charge >= 0.3 is 0 Å². The number of benzene rings is 1. The quantitative estimate of drug-likeness (QED) is 0.766. The van der Waals surface area contributed by atoms with Crippen LogP contribution in [0.5, 0.6) is 0 Å². The van der Waals surface area contributed by atoms with Gasteiger partial charge in [-0.05, 0) is 50.4 Å². The molecule has 0 amide bonds. The molecule has 1 aromatic carbocycles. The highest BCUT2D eigenvalue weighted by Crippen LogP contribution is 2.35. The van der Waals surface area contributed by atoms with E-state index in [0.717, 1.165) is 11.5 Å². The highest BCUT2D eigenvalue weighted by molar-refractivity contribution is 5.41. The first-order valence-electron chi connectivity index (χ1n) is 6.31. The Kier molecular flexibility index (Phi) is 3.69. The van der Waals surface area contributed by atoms with Crippen LogP contribution in [0.2, 0.25) is 0 Å². The van der Waals surface area contributed by atoms with Gasteiger partial charge in [0.2, 0.25) is 0 Å². The van der Waals surface area contributed by atoms with Gasteiger partial charge in [-0.15, -0.1) is 0 Å². The number of likely N-dealkylation sites (N-methyl/N-ethyl adjacent to an activating group) is 1. The monoisotopic (exact) mass is 234 g/mol. The van der Waals surface area contributed by atoms with Gasteiger partial charge in [-0.1, -0.05) is 12.1 Å². The lowest BCUT2D eigenvalue weighted by atomic mass is 10.1. The second-order valence-electron chi connectivity index (χ2n) is 5.20. The Labute approximate surface area is 103 Å². The fourth-order valence-corrected chi connectivity index (χ4v) is 2.25. The molecular formula is C14H22N2O. The lowest BCUT2D eigenvalue weighted by molar-refractivity contribution is 0.103. The molecule has 1 aromatic rings. The van der Waals surface area contributed by atoms with E-state index in [9.17, 15) is 5.11 Å². The lowest BCUT2D eigenvalue weighted by Gasteiger charge is -2.27. The van der Waals surface area contributed by atoms with Crippen LogP contribution in [0.3, 0.4) is 0 Å². The average molecular weight is 234 g/mol. The molecule has 2 atom stereocenters. The zero-order valence-electron chi connectivity index (χ0n) is 10.6. The topological polar surface area (TPSA) is 49.5 Å². The number of rotatable bonds is 5. The number of nitrogens with zero attached hydrogens (tertiary/aromatic N) is 1. The van der Waals surface area contributed by atoms with E-state index in [4.69, 9.17) is 5.73 Å². The Bertz CT molecular complexity index is 376. The number of nitrogen functional groups attached to an aromatic ring is 1. The summed E-state index contributed by atoms with van der Waals surface area (Å²) < 4.78 is 0. The summed E-state index contributed by atoms with van der Waals surface area (Å²) in [6.07, 6.45) is 2.21. The summed E-state index contributed by atoms with van der Waals surface area (Å²) in [5, 5.41) is 10.2. The van der Waals surface area contributed by atoms with Gasteiger partial charge in [0, 0.05) is 18.3 Å². The molecule has 3 N–H and O–H groups in total. The van der Waals surface area contributed by atoms with Crippen LogP contribution < -0.4 is 5.73 Å². The van der Waals surface area contributed by atoms with Crippen molar-refractivity contribution < 1.29 is 5.11 Å². The zero-order valence-corrected chi connectivity index (χ0v) is 10.6. The van der Waals surface area contributed by atoms with Crippen molar-refractivity contribution in [2.45, 2.75) is 31.9 Å². The van der Waals surface area contributed by atoms with Crippen molar-refractivity contribution in [2.24, 2.45) is 5.92 Å². The largest absolute Gasteiger partial charge is 0.399 e. The van der Waals surface area contributed by atoms with Crippen molar-refractivity contribution in [3.8, 4) is 0 Å². The van der Waals surface area contributed by atoms with Gasteiger partial charge < -0.3 is 15.7 Å². The maximum atomic E-state index is 10.2. The van der Waals surface area contributed by atoms with Crippen LogP contribution >= 0.6 is 0 Å². The average Bonchev–Trinajstić information content (AvgIpc) is 3.11. The molecule has 1 aliphatic carbocycles. The van der Waals surface area contributed by atoms with Gasteiger partial charge in [0.05, 0.1) is 6.10 Å². The van der Waals surface area contributed by atoms with Crippen LogP contribution in [0.15, 0.2) is 24.3 Å². The van der Waals surface area contributed by atoms with E-state index in [1.807, 2.05) is 24.3 Å². The third kappa shape index (κ3) is 3.20. The summed E-state index contributed by atoms with van der Waals surface area (Å²) in [5.41, 5.74) is 7.33. The molecule has 1 fully saturated rings. The summed E-state index contributed by atoms with van der Waals surface area (Å²) in [5.74, 6) is 0.827. The second kappa shape index (κ2) is 5.07. The molecule has 17 heavy (non-hydrogen) atoms. The van der Waals surface area contributed by atoms with E-state index in [2.05, 4.69) is 18.9 Å². The Balaban J connectivity index is 1.93. The summed E-state index contributed by atoms with van der Waals surface area (Å²) >= 11 is 0. The number of aliphatic hydroxyl groups excluding tert-OH is 1. The molecule has 3 nitrogen and oxygen atoms in total. The van der Waals surface area contributed by atoms with Crippen molar-refractivity contribution >= 4 is 5.69 Å². The molecular weight excluding hydrogens is 212 g/mol. The van der Waals surface area contributed by atoms with Gasteiger partial charge in [0.1, 0.15) is 0 Å². The van der Waals surface area contributed by atoms with E-state index < -0.39 is 6.10 Å². The lowest BCUT2D eigenvalue weighted by Crippen LogP contribution is -2.34. The standard InChI is InChI=1S/C14H22N2O/c1-10(11-6-7-11)16(2)9-14(17)12-4-3-5-13(15)8-12/h3-5,8,10-11,14,17H,6-7,9,15H2,1-2H3. The Morgan fingerprint density at radius 2 is 2.18 bits per heavy atom. The summed E-state index contributed by atoms with van der Waals surface area (Å²) in [7, 11) is 2.08. The van der Waals surface area contributed by atoms with E-state index in [0.29, 0.717) is 18.3 Å². The predicted molar refractivity (Wildman–Crippen MR) is 70.6 cm³/mol. The van der Waals surface area contributed by atoms with Crippen molar-refractivity contribution in [2.75, 3.05) is 19.3 Å². The highest BCUT2D eigenvalue weighted by Gasteiger charge is 2.31. The van der Waals surface area contributed by atoms with E-state index >= 15 is 0 Å². The molecule has 94 valence electrons. The number of hydrogen-bond donors (Lipinski definition) is 2. The fraction of sp³-hybridized carbons (Fsp3) is 0.571. The van der Waals surface area contributed by atoms with E-state index in [1.54, 1.807) is 0 Å². The number of aliphatic hydroxyl groups is 1. The van der Waals surface area contributed by atoms with Gasteiger partial charge in [-0.3, -0.25) is 0 Å². The summed E-state index contributed by atoms with van der Waals surface area (Å²) in [6, 6.07) is 8.06. The van der Waals surface area contributed by atoms with Crippen LogP contribution in [-0.4, -0.2) is 29.6 Å². The zero-order chi connectivity index (χ0) is 12.4. The normalized spacial score (nSPS) is 19.3. The van der Waals surface area contributed by atoms with Crippen LogP contribution in [0.1, 0.15) is 31.4 Å². The Morgan fingerprint density at radius 3 is 2.76 bits per heavy atom. The molecule has 0 bridgehead atoms. The Hall–Kier alpha value is -1.06. The van der Waals surface area contributed by atoms with Gasteiger partial charge in [-0.2, -0.15) is 0 Å². The molecule has 3 heteroatoms. The predicted octanol–water partition coefficient (Wildman–Crippen LogP) is 2.03. The smallest absolute Gasteiger partial charge is 0.0917 e. The van der Waals surface area contributed by atoms with Gasteiger partial charge in [0.15, 0.2) is 0 Å². The SMILES string of the molecule is CC(C1CC1)N(C)CC(O)c1cccc(N)c1. The molecule has 1 aliphatic rings. The third-order valence-electron chi connectivity index (χ3n) is 3.76. The maximum Gasteiger partial charge on any atom is 0.0917 e. The highest BCUT2D eigenvalue weighted by atomic mass is 16.3. The first-order chi connectivity index (χ1) is 8.08. The van der Waals surface area contributed by atoms with Crippen LogP contribution in [-0.2, 0) is 0 Å². The molecule has 2 rings (SSSR count). The van der Waals surface area contributed by atoms with Crippen LogP contribution in [0, 0.1) is 5.92 Å². The molecule has 0 radical (unpaired) electrons. The molecule has 2 unspecified atom stereocenters. The van der Waals surface area contributed by atoms with Gasteiger partial charge in [0.25, 0.3) is 0 Å². The van der Waals surface area contributed by atoms with Gasteiger partial charge in [-0.25, -0.2) is 0 Å². The molecule has 0 aromatic heterocycles. The minimum absolute atomic E-state index is 0.454. The minimum atomic E-state index is -0.454. The fourth-order valence-electron chi connectivity index (χ4n) is 2.25. The molecule has 0 saturated heterocycles. The summed E-state index contributed by atoms with van der Waals surface area (Å²) in [6.45, 7) is 2.91. The summed E-state index contributed by atoms with van der Waals surface area (Å²) in [4.78, 5) is 2.24. The van der Waals surface area contributed by atoms with Crippen LogP contribution in [0.4, 0.5) is 5.69 Å². The van der Waals surface area contributed by atoms with Crippen LogP contribution in [0.25, 0.3) is 0 Å². The van der Waals surface area contributed by atoms with Crippen molar-refractivity contribution in [1.82, 2.24) is 4.90 Å². The molecule has 0 spiro atoms. The van der Waals surface area contributed by atoms with E-state index in [-0.39, 0.29) is 0 Å². The van der Waals surface area contributed by atoms with E-state index in [1.165, 1.54) is 12.8 Å². The van der Waals surface area contributed by atoms with Crippen molar-refractivity contribution in [1.29, 1.82) is 0 Å². The number of nitrogens with two attached hydrogens (primary N) is 1. The van der Waals surface area contributed by atoms with Crippen molar-refractivity contribution in [3.05, 3.63) is 29.8 Å². The number of hydrogen-bond acceptors (Lipinski definition) is 3. The molecule has 0 heterocycles. The second-order valence-corrected chi connectivity index (χ2v) is 5.20. The third-order valence-corrected chi connectivity index (χ3v) is 3.76. The molecule has 1 saturated carbocycles. The maximum absolute atomic E-state index is 10.2.